The third-order valence-electron chi connectivity index (χ3n) is 4.51. The summed E-state index contributed by atoms with van der Waals surface area (Å²) < 4.78 is 24.6. The van der Waals surface area contributed by atoms with Crippen LogP contribution in [0.2, 0.25) is 0 Å². The summed E-state index contributed by atoms with van der Waals surface area (Å²) in [6, 6.07) is 11.1. The molecule has 8 heteroatoms. The van der Waals surface area contributed by atoms with Gasteiger partial charge < -0.3 is 25.0 Å². The Labute approximate surface area is 202 Å². The maximum atomic E-state index is 14.0. The van der Waals surface area contributed by atoms with Crippen LogP contribution in [0.5, 0.6) is 11.5 Å². The molecular weight excluding hydrogens is 510 g/mol. The van der Waals surface area contributed by atoms with Crippen LogP contribution >= 0.6 is 24.0 Å². The van der Waals surface area contributed by atoms with E-state index in [4.69, 9.17) is 9.47 Å². The van der Waals surface area contributed by atoms with Gasteiger partial charge in [0, 0.05) is 25.2 Å². The van der Waals surface area contributed by atoms with Gasteiger partial charge in [-0.05, 0) is 62.8 Å². The zero-order valence-electron chi connectivity index (χ0n) is 19.0. The Kier molecular flexibility index (Phi) is 12.2. The Hall–Kier alpha value is -2.07. The Bertz CT molecular complexity index is 846. The van der Waals surface area contributed by atoms with Crippen LogP contribution in [-0.2, 0) is 19.5 Å². The molecule has 2 rings (SSSR count). The Morgan fingerprint density at radius 2 is 1.71 bits per heavy atom. The van der Waals surface area contributed by atoms with E-state index in [0.717, 1.165) is 48.1 Å². The van der Waals surface area contributed by atoms with Crippen LogP contribution in [-0.4, -0.2) is 52.3 Å². The lowest BCUT2D eigenvalue weighted by Crippen LogP contribution is -2.38. The topological polar surface area (TPSA) is 58.1 Å². The standard InChI is InChI=1S/C23H33FN4O2.HI/c1-6-25-23(26-12-11-17-8-10-21(29-4)22(14-17)30-5)27-15-18-7-9-20(24)19(13-18)16-28(2)3;/h7-10,13-14H,6,11-12,15-16H2,1-5H3,(H2,25,26,27);1H. The molecular formula is C23H34FIN4O2. The number of benzene rings is 2. The van der Waals surface area contributed by atoms with Crippen LogP contribution in [0, 0.1) is 5.82 Å². The number of hydrogen-bond acceptors (Lipinski definition) is 4. The predicted octanol–water partition coefficient (Wildman–Crippen LogP) is 3.82. The van der Waals surface area contributed by atoms with Crippen LogP contribution < -0.4 is 20.1 Å². The average Bonchev–Trinajstić information content (AvgIpc) is 2.73. The number of nitrogens with zero attached hydrogens (tertiary/aromatic N) is 2. The van der Waals surface area contributed by atoms with Crippen LogP contribution in [0.3, 0.4) is 0 Å². The minimum absolute atomic E-state index is 0. The van der Waals surface area contributed by atoms with E-state index in [2.05, 4.69) is 15.6 Å². The molecule has 0 amide bonds. The van der Waals surface area contributed by atoms with Crippen molar-refractivity contribution in [3.63, 3.8) is 0 Å². The van der Waals surface area contributed by atoms with Crippen molar-refractivity contribution in [3.05, 3.63) is 58.9 Å². The molecule has 2 N–H and O–H groups in total. The highest BCUT2D eigenvalue weighted by atomic mass is 127. The minimum atomic E-state index is -0.184. The molecule has 0 aliphatic carbocycles. The van der Waals surface area contributed by atoms with Gasteiger partial charge in [-0.25, -0.2) is 9.38 Å². The van der Waals surface area contributed by atoms with Crippen LogP contribution in [0.1, 0.15) is 23.6 Å². The number of halogens is 2. The van der Waals surface area contributed by atoms with Crippen molar-refractivity contribution in [1.29, 1.82) is 0 Å². The van der Waals surface area contributed by atoms with E-state index < -0.39 is 0 Å². The third kappa shape index (κ3) is 8.90. The van der Waals surface area contributed by atoms with Crippen molar-refractivity contribution >= 4 is 29.9 Å². The van der Waals surface area contributed by atoms with Gasteiger partial charge in [-0.3, -0.25) is 0 Å². The molecule has 0 unspecified atom stereocenters. The maximum absolute atomic E-state index is 14.0. The number of aliphatic imine (C=N–C) groups is 1. The van der Waals surface area contributed by atoms with Crippen molar-refractivity contribution < 1.29 is 13.9 Å². The van der Waals surface area contributed by atoms with Gasteiger partial charge in [-0.1, -0.05) is 12.1 Å². The Balaban J connectivity index is 0.00000480. The minimum Gasteiger partial charge on any atom is -0.493 e. The zero-order valence-corrected chi connectivity index (χ0v) is 21.3. The van der Waals surface area contributed by atoms with E-state index >= 15 is 0 Å². The summed E-state index contributed by atoms with van der Waals surface area (Å²) >= 11 is 0. The molecule has 0 saturated carbocycles. The van der Waals surface area contributed by atoms with E-state index in [0.29, 0.717) is 18.7 Å². The first-order valence-electron chi connectivity index (χ1n) is 10.1. The van der Waals surface area contributed by atoms with Gasteiger partial charge >= 0.3 is 0 Å². The molecule has 2 aromatic carbocycles. The van der Waals surface area contributed by atoms with E-state index in [1.807, 2.05) is 50.2 Å². The van der Waals surface area contributed by atoms with E-state index in [-0.39, 0.29) is 29.8 Å². The second-order valence-corrected chi connectivity index (χ2v) is 7.22. The molecule has 0 radical (unpaired) electrons. The van der Waals surface area contributed by atoms with Crippen molar-refractivity contribution in [1.82, 2.24) is 15.5 Å². The number of rotatable bonds is 10. The molecule has 0 bridgehead atoms. The van der Waals surface area contributed by atoms with Gasteiger partial charge in [-0.15, -0.1) is 24.0 Å². The molecule has 0 atom stereocenters. The summed E-state index contributed by atoms with van der Waals surface area (Å²) in [4.78, 5) is 6.59. The third-order valence-corrected chi connectivity index (χ3v) is 4.51. The molecule has 0 aromatic heterocycles. The van der Waals surface area contributed by atoms with E-state index in [1.54, 1.807) is 20.3 Å². The maximum Gasteiger partial charge on any atom is 0.191 e. The summed E-state index contributed by atoms with van der Waals surface area (Å²) in [5.41, 5.74) is 2.80. The number of guanidine groups is 1. The molecule has 0 fully saturated rings. The lowest BCUT2D eigenvalue weighted by Gasteiger charge is -2.13. The molecule has 0 heterocycles. The fourth-order valence-electron chi connectivity index (χ4n) is 3.06. The van der Waals surface area contributed by atoms with Gasteiger partial charge in [0.15, 0.2) is 17.5 Å². The van der Waals surface area contributed by atoms with Crippen molar-refractivity contribution in [2.24, 2.45) is 4.99 Å². The molecule has 31 heavy (non-hydrogen) atoms. The highest BCUT2D eigenvalue weighted by Crippen LogP contribution is 2.27. The number of methoxy groups -OCH3 is 2. The van der Waals surface area contributed by atoms with Gasteiger partial charge in [0.1, 0.15) is 5.82 Å². The summed E-state index contributed by atoms with van der Waals surface area (Å²) in [6.07, 6.45) is 0.814. The molecule has 0 aliphatic rings. The summed E-state index contributed by atoms with van der Waals surface area (Å²) in [7, 11) is 7.11. The highest BCUT2D eigenvalue weighted by molar-refractivity contribution is 14.0. The Morgan fingerprint density at radius 3 is 2.35 bits per heavy atom. The lowest BCUT2D eigenvalue weighted by atomic mass is 10.1. The zero-order chi connectivity index (χ0) is 21.9. The molecule has 0 aliphatic heterocycles. The van der Waals surface area contributed by atoms with E-state index in [9.17, 15) is 4.39 Å². The monoisotopic (exact) mass is 544 g/mol. The molecule has 172 valence electrons. The predicted molar refractivity (Wildman–Crippen MR) is 135 cm³/mol. The van der Waals surface area contributed by atoms with Gasteiger partial charge in [0.2, 0.25) is 0 Å². The second kappa shape index (κ2) is 14.1. The van der Waals surface area contributed by atoms with E-state index in [1.165, 1.54) is 6.07 Å². The smallest absolute Gasteiger partial charge is 0.191 e. The van der Waals surface area contributed by atoms with Crippen molar-refractivity contribution in [3.8, 4) is 11.5 Å². The SMILES string of the molecule is CCNC(=NCc1ccc(F)c(CN(C)C)c1)NCCc1ccc(OC)c(OC)c1.I. The van der Waals surface area contributed by atoms with Crippen LogP contribution in [0.25, 0.3) is 0 Å². The fraction of sp³-hybridized carbons (Fsp3) is 0.435. The first kappa shape index (κ1) is 27.0. The second-order valence-electron chi connectivity index (χ2n) is 7.22. The summed E-state index contributed by atoms with van der Waals surface area (Å²) in [5.74, 6) is 1.99. The first-order chi connectivity index (χ1) is 14.5. The summed E-state index contributed by atoms with van der Waals surface area (Å²) in [5, 5.41) is 6.60. The number of nitrogens with one attached hydrogen (secondary N) is 2. The summed E-state index contributed by atoms with van der Waals surface area (Å²) in [6.45, 7) is 4.55. The average molecular weight is 544 g/mol. The van der Waals surface area contributed by atoms with Gasteiger partial charge in [0.05, 0.1) is 20.8 Å². The van der Waals surface area contributed by atoms with Crippen LogP contribution in [0.4, 0.5) is 4.39 Å². The van der Waals surface area contributed by atoms with Crippen molar-refractivity contribution in [2.45, 2.75) is 26.4 Å². The first-order valence-corrected chi connectivity index (χ1v) is 10.1. The quantitative estimate of drug-likeness (QED) is 0.271. The highest BCUT2D eigenvalue weighted by Gasteiger charge is 2.07. The Morgan fingerprint density at radius 1 is 1.00 bits per heavy atom. The molecule has 0 saturated heterocycles. The van der Waals surface area contributed by atoms with Gasteiger partial charge in [-0.2, -0.15) is 0 Å². The largest absolute Gasteiger partial charge is 0.493 e. The lowest BCUT2D eigenvalue weighted by molar-refractivity contribution is 0.354. The number of hydrogen-bond donors (Lipinski definition) is 2. The fourth-order valence-corrected chi connectivity index (χ4v) is 3.06. The van der Waals surface area contributed by atoms with Crippen LogP contribution in [0.15, 0.2) is 41.4 Å². The normalized spacial score (nSPS) is 11.1. The molecule has 6 nitrogen and oxygen atoms in total. The molecule has 0 spiro atoms. The van der Waals surface area contributed by atoms with Gasteiger partial charge in [0.25, 0.3) is 0 Å². The van der Waals surface area contributed by atoms with Crippen molar-refractivity contribution in [2.75, 3.05) is 41.4 Å². The molecule has 2 aromatic rings. The number of ether oxygens (including phenoxy) is 2.